The van der Waals surface area contributed by atoms with Gasteiger partial charge in [0.2, 0.25) is 0 Å². The standard InChI is InChI=1S/C21H21ClF2N4O7S/c1-33-21(32)26-14(10-25-18(30)15-6-7-16(22)36-15)19(31)28(35-20(23)24)13-4-2-12(3-5-13)27-8-9-34-11-17(27)29/h2-7,14,20H,8-11H2,1H3,(H,25,30)(H,26,32)/t14-/m1/s1. The Hall–Kier alpha value is -3.33. The topological polar surface area (TPSA) is 127 Å². The van der Waals surface area contributed by atoms with Crippen LogP contribution in [0.4, 0.5) is 25.0 Å². The normalized spacial score (nSPS) is 14.4. The Morgan fingerprint density at radius 2 is 1.94 bits per heavy atom. The lowest BCUT2D eigenvalue weighted by Crippen LogP contribution is -2.54. The first kappa shape index (κ1) is 27.3. The predicted octanol–water partition coefficient (Wildman–Crippen LogP) is 2.41. The summed E-state index contributed by atoms with van der Waals surface area (Å²) in [6.07, 6.45) is -1.04. The number of nitrogens with zero attached hydrogens (tertiary/aromatic N) is 2. The van der Waals surface area contributed by atoms with Gasteiger partial charge in [0.05, 0.1) is 28.6 Å². The van der Waals surface area contributed by atoms with E-state index in [2.05, 4.69) is 20.2 Å². The molecule has 2 N–H and O–H groups in total. The van der Waals surface area contributed by atoms with Crippen molar-refractivity contribution in [2.24, 2.45) is 0 Å². The van der Waals surface area contributed by atoms with Crippen molar-refractivity contribution in [1.82, 2.24) is 10.6 Å². The molecule has 1 aromatic carbocycles. The molecule has 1 aromatic heterocycles. The molecule has 36 heavy (non-hydrogen) atoms. The lowest BCUT2D eigenvalue weighted by atomic mass is 10.2. The summed E-state index contributed by atoms with van der Waals surface area (Å²) in [7, 11) is 1.04. The number of rotatable bonds is 9. The van der Waals surface area contributed by atoms with E-state index in [4.69, 9.17) is 16.3 Å². The van der Waals surface area contributed by atoms with E-state index >= 15 is 0 Å². The molecule has 1 fully saturated rings. The van der Waals surface area contributed by atoms with E-state index in [9.17, 15) is 28.0 Å². The molecule has 1 saturated heterocycles. The van der Waals surface area contributed by atoms with Crippen LogP contribution in [0.25, 0.3) is 0 Å². The Kier molecular flexibility index (Phi) is 9.52. The zero-order valence-electron chi connectivity index (χ0n) is 18.7. The zero-order chi connectivity index (χ0) is 26.2. The first-order chi connectivity index (χ1) is 17.2. The Morgan fingerprint density at radius 3 is 2.53 bits per heavy atom. The lowest BCUT2D eigenvalue weighted by molar-refractivity contribution is -0.160. The smallest absolute Gasteiger partial charge is 0.407 e. The first-order valence-electron chi connectivity index (χ1n) is 10.3. The number of hydrogen-bond acceptors (Lipinski definition) is 8. The minimum Gasteiger partial charge on any atom is -0.453 e. The van der Waals surface area contributed by atoms with E-state index in [0.717, 1.165) is 18.4 Å². The second kappa shape index (κ2) is 12.6. The van der Waals surface area contributed by atoms with Crippen molar-refractivity contribution in [3.8, 4) is 0 Å². The van der Waals surface area contributed by atoms with Crippen molar-refractivity contribution in [3.05, 3.63) is 45.6 Å². The maximum atomic E-state index is 13.2. The molecule has 15 heteroatoms. The molecule has 194 valence electrons. The van der Waals surface area contributed by atoms with Crippen molar-refractivity contribution in [1.29, 1.82) is 0 Å². The van der Waals surface area contributed by atoms with Crippen LogP contribution in [0, 0.1) is 0 Å². The first-order valence-corrected chi connectivity index (χ1v) is 11.5. The number of hydrogen-bond donors (Lipinski definition) is 2. The maximum absolute atomic E-state index is 13.2. The van der Waals surface area contributed by atoms with Gasteiger partial charge in [0.1, 0.15) is 12.6 Å². The molecule has 0 unspecified atom stereocenters. The highest BCUT2D eigenvalue weighted by molar-refractivity contribution is 7.18. The van der Waals surface area contributed by atoms with Gasteiger partial charge in [-0.3, -0.25) is 14.4 Å². The molecule has 1 aliphatic heterocycles. The van der Waals surface area contributed by atoms with Gasteiger partial charge in [-0.15, -0.1) is 11.3 Å². The Bertz CT molecular complexity index is 1100. The van der Waals surface area contributed by atoms with Crippen LogP contribution in [0.3, 0.4) is 0 Å². The van der Waals surface area contributed by atoms with Gasteiger partial charge in [0.25, 0.3) is 17.7 Å². The minimum absolute atomic E-state index is 0.0921. The van der Waals surface area contributed by atoms with Crippen LogP contribution in [-0.4, -0.2) is 69.9 Å². The number of nitrogens with one attached hydrogen (secondary N) is 2. The van der Waals surface area contributed by atoms with Crippen molar-refractivity contribution < 1.29 is 42.3 Å². The summed E-state index contributed by atoms with van der Waals surface area (Å²) in [5.74, 6) is -2.01. The van der Waals surface area contributed by atoms with Gasteiger partial charge in [-0.05, 0) is 36.4 Å². The maximum Gasteiger partial charge on any atom is 0.407 e. The third-order valence-electron chi connectivity index (χ3n) is 4.81. The number of carbonyl (C=O) groups excluding carboxylic acids is 4. The van der Waals surface area contributed by atoms with Gasteiger partial charge in [-0.1, -0.05) is 11.6 Å². The fourth-order valence-electron chi connectivity index (χ4n) is 3.14. The third kappa shape index (κ3) is 7.10. The SMILES string of the molecule is COC(=O)N[C@H](CNC(=O)c1ccc(Cl)s1)C(=O)N(OC(F)F)c1ccc(N2CCOCC2=O)cc1. The number of carbonyl (C=O) groups is 4. The molecular weight excluding hydrogens is 526 g/mol. The monoisotopic (exact) mass is 546 g/mol. The van der Waals surface area contributed by atoms with Crippen LogP contribution < -0.4 is 20.6 Å². The molecule has 4 amide bonds. The van der Waals surface area contributed by atoms with Crippen LogP contribution in [0.1, 0.15) is 9.67 Å². The number of amides is 4. The van der Waals surface area contributed by atoms with Crippen LogP contribution in [0.5, 0.6) is 0 Å². The van der Waals surface area contributed by atoms with E-state index in [0.29, 0.717) is 28.2 Å². The number of halogens is 3. The third-order valence-corrected chi connectivity index (χ3v) is 6.04. The Morgan fingerprint density at radius 1 is 1.22 bits per heavy atom. The average Bonchev–Trinajstić information content (AvgIpc) is 3.31. The van der Waals surface area contributed by atoms with Gasteiger partial charge in [-0.25, -0.2) is 4.79 Å². The summed E-state index contributed by atoms with van der Waals surface area (Å²) >= 11 is 6.81. The van der Waals surface area contributed by atoms with E-state index in [-0.39, 0.29) is 23.1 Å². The molecule has 11 nitrogen and oxygen atoms in total. The highest BCUT2D eigenvalue weighted by Crippen LogP contribution is 2.24. The average molecular weight is 547 g/mol. The second-order valence-corrected chi connectivity index (χ2v) is 8.83. The lowest BCUT2D eigenvalue weighted by Gasteiger charge is -2.28. The predicted molar refractivity (Wildman–Crippen MR) is 125 cm³/mol. The number of methoxy groups -OCH3 is 1. The van der Waals surface area contributed by atoms with E-state index in [1.54, 1.807) is 0 Å². The number of thiophene rings is 1. The van der Waals surface area contributed by atoms with Crippen molar-refractivity contribution in [3.63, 3.8) is 0 Å². The van der Waals surface area contributed by atoms with Crippen LogP contribution in [0.2, 0.25) is 4.34 Å². The summed E-state index contributed by atoms with van der Waals surface area (Å²) in [6, 6.07) is 6.88. The van der Waals surface area contributed by atoms with Gasteiger partial charge in [0, 0.05) is 18.8 Å². The molecule has 0 aliphatic carbocycles. The van der Waals surface area contributed by atoms with Crippen molar-refractivity contribution >= 4 is 58.1 Å². The molecule has 2 heterocycles. The quantitative estimate of drug-likeness (QED) is 0.462. The van der Waals surface area contributed by atoms with Crippen LogP contribution >= 0.6 is 22.9 Å². The van der Waals surface area contributed by atoms with Gasteiger partial charge in [0.15, 0.2) is 0 Å². The summed E-state index contributed by atoms with van der Waals surface area (Å²) in [5, 5.41) is 4.92. The Balaban J connectivity index is 1.80. The summed E-state index contributed by atoms with van der Waals surface area (Å²) in [6.45, 7) is -3.33. The highest BCUT2D eigenvalue weighted by Gasteiger charge is 2.31. The second-order valence-electron chi connectivity index (χ2n) is 7.12. The molecule has 1 aliphatic rings. The van der Waals surface area contributed by atoms with Gasteiger partial charge < -0.3 is 25.0 Å². The number of hydroxylamine groups is 1. The number of morpholine rings is 1. The van der Waals surface area contributed by atoms with E-state index < -0.39 is 37.1 Å². The highest BCUT2D eigenvalue weighted by atomic mass is 35.5. The number of alkyl halides is 2. The largest absolute Gasteiger partial charge is 0.453 e. The Labute approximate surface area is 212 Å². The molecule has 0 saturated carbocycles. The van der Waals surface area contributed by atoms with E-state index in [1.165, 1.54) is 41.3 Å². The molecule has 2 aromatic rings. The molecule has 0 bridgehead atoms. The zero-order valence-corrected chi connectivity index (χ0v) is 20.3. The summed E-state index contributed by atoms with van der Waals surface area (Å²) in [5.41, 5.74) is 0.348. The van der Waals surface area contributed by atoms with Gasteiger partial charge >= 0.3 is 12.7 Å². The van der Waals surface area contributed by atoms with Crippen LogP contribution in [-0.2, 0) is 23.9 Å². The number of alkyl carbamates (subject to hydrolysis) is 1. The van der Waals surface area contributed by atoms with E-state index in [1.807, 2.05) is 0 Å². The molecule has 1 atom stereocenters. The number of benzene rings is 1. The fraction of sp³-hybridized carbons (Fsp3) is 0.333. The molecule has 3 rings (SSSR count). The summed E-state index contributed by atoms with van der Waals surface area (Å²) in [4.78, 5) is 55.5. The molecule has 0 radical (unpaired) electrons. The number of ether oxygens (including phenoxy) is 2. The van der Waals surface area contributed by atoms with Crippen LogP contribution in [0.15, 0.2) is 36.4 Å². The summed E-state index contributed by atoms with van der Waals surface area (Å²) < 4.78 is 36.4. The van der Waals surface area contributed by atoms with Crippen molar-refractivity contribution in [2.75, 3.05) is 43.4 Å². The minimum atomic E-state index is -3.39. The number of anilines is 2. The molecule has 0 spiro atoms. The fourth-order valence-corrected chi connectivity index (χ4v) is 4.10. The molecular formula is C21H21ClF2N4O7S. The van der Waals surface area contributed by atoms with Crippen molar-refractivity contribution in [2.45, 2.75) is 12.7 Å². The van der Waals surface area contributed by atoms with Gasteiger partial charge in [-0.2, -0.15) is 18.7 Å².